The summed E-state index contributed by atoms with van der Waals surface area (Å²) in [7, 11) is 2.75. The van der Waals surface area contributed by atoms with E-state index in [0.29, 0.717) is 21.2 Å². The Labute approximate surface area is 162 Å². The van der Waals surface area contributed by atoms with Gasteiger partial charge in [-0.15, -0.1) is 0 Å². The maximum absolute atomic E-state index is 9.23. The number of nitrogens with zero attached hydrogens (tertiary/aromatic N) is 2. The fourth-order valence-electron chi connectivity index (χ4n) is 1.54. The van der Waals surface area contributed by atoms with Crippen LogP contribution in [0.2, 0.25) is 10.0 Å². The summed E-state index contributed by atoms with van der Waals surface area (Å²) in [6.45, 7) is 0. The molecule has 0 saturated carbocycles. The van der Waals surface area contributed by atoms with Crippen molar-refractivity contribution >= 4 is 76.6 Å². The SMILES string of the molecule is N#Cc1cc(Cl)cc(Br)c1SSc1c(Br)cc(Cl)cc1C#N. The molecule has 0 fully saturated rings. The van der Waals surface area contributed by atoms with Crippen LogP contribution in [0.1, 0.15) is 11.1 Å². The third-order valence-corrected chi connectivity index (χ3v) is 7.22. The van der Waals surface area contributed by atoms with Crippen LogP contribution in [0.25, 0.3) is 0 Å². The van der Waals surface area contributed by atoms with Crippen molar-refractivity contribution < 1.29 is 0 Å². The van der Waals surface area contributed by atoms with Crippen LogP contribution in [0.15, 0.2) is 43.0 Å². The molecule has 0 N–H and O–H groups in total. The number of halogens is 4. The summed E-state index contributed by atoms with van der Waals surface area (Å²) in [6.07, 6.45) is 0. The second kappa shape index (κ2) is 7.97. The average molecular weight is 495 g/mol. The van der Waals surface area contributed by atoms with Crippen LogP contribution in [-0.2, 0) is 0 Å². The molecule has 0 aromatic heterocycles. The lowest BCUT2D eigenvalue weighted by Gasteiger charge is -2.09. The van der Waals surface area contributed by atoms with Gasteiger partial charge in [0.15, 0.2) is 0 Å². The Morgan fingerprint density at radius 2 is 1.14 bits per heavy atom. The highest BCUT2D eigenvalue weighted by Crippen LogP contribution is 2.47. The van der Waals surface area contributed by atoms with E-state index in [1.807, 2.05) is 0 Å². The molecule has 0 saturated heterocycles. The Morgan fingerprint density at radius 3 is 1.45 bits per heavy atom. The third-order valence-electron chi connectivity index (χ3n) is 2.47. The lowest BCUT2D eigenvalue weighted by Crippen LogP contribution is -1.85. The topological polar surface area (TPSA) is 47.6 Å². The van der Waals surface area contributed by atoms with Gasteiger partial charge in [0, 0.05) is 19.0 Å². The molecule has 22 heavy (non-hydrogen) atoms. The van der Waals surface area contributed by atoms with Crippen LogP contribution in [0.5, 0.6) is 0 Å². The molecule has 2 rings (SSSR count). The van der Waals surface area contributed by atoms with Crippen molar-refractivity contribution in [2.45, 2.75) is 9.79 Å². The summed E-state index contributed by atoms with van der Waals surface area (Å²) in [5, 5.41) is 19.4. The Bertz CT molecular complexity index is 760. The molecular weight excluding hydrogens is 491 g/mol. The van der Waals surface area contributed by atoms with Gasteiger partial charge < -0.3 is 0 Å². The summed E-state index contributed by atoms with van der Waals surface area (Å²) in [6, 6.07) is 10.9. The molecule has 0 unspecified atom stereocenters. The lowest BCUT2D eigenvalue weighted by atomic mass is 10.2. The molecule has 8 heteroatoms. The Balaban J connectivity index is 2.37. The quantitative estimate of drug-likeness (QED) is 0.428. The molecule has 0 aliphatic carbocycles. The molecular formula is C14H4Br2Cl2N2S2. The zero-order valence-corrected chi connectivity index (χ0v) is 16.8. The first kappa shape index (κ1) is 18.0. The van der Waals surface area contributed by atoms with Crippen LogP contribution >= 0.6 is 76.6 Å². The summed E-state index contributed by atoms with van der Waals surface area (Å²) >= 11 is 18.7. The molecule has 0 spiro atoms. The largest absolute Gasteiger partial charge is 0.192 e. The molecule has 2 aromatic rings. The summed E-state index contributed by atoms with van der Waals surface area (Å²) in [4.78, 5) is 1.50. The van der Waals surface area contributed by atoms with Crippen molar-refractivity contribution in [3.63, 3.8) is 0 Å². The van der Waals surface area contributed by atoms with Gasteiger partial charge in [0.1, 0.15) is 12.1 Å². The Hall–Kier alpha value is -0.340. The molecule has 0 aliphatic rings. The second-order valence-electron chi connectivity index (χ2n) is 3.92. The fraction of sp³-hybridized carbons (Fsp3) is 0. The van der Waals surface area contributed by atoms with Gasteiger partial charge in [-0.1, -0.05) is 23.2 Å². The first-order chi connectivity index (χ1) is 10.5. The molecule has 0 bridgehead atoms. The molecule has 0 amide bonds. The first-order valence-corrected chi connectivity index (χ1v) is 10.1. The summed E-state index contributed by atoms with van der Waals surface area (Å²) in [5.74, 6) is 0. The lowest BCUT2D eigenvalue weighted by molar-refractivity contribution is 1.33. The van der Waals surface area contributed by atoms with Crippen LogP contribution < -0.4 is 0 Å². The molecule has 0 atom stereocenters. The van der Waals surface area contributed by atoms with Gasteiger partial charge in [0.25, 0.3) is 0 Å². The maximum Gasteiger partial charge on any atom is 0.100 e. The fourth-order valence-corrected chi connectivity index (χ4v) is 6.70. The molecule has 2 nitrogen and oxygen atoms in total. The maximum atomic E-state index is 9.23. The van der Waals surface area contributed by atoms with Gasteiger partial charge in [-0.2, -0.15) is 10.5 Å². The van der Waals surface area contributed by atoms with E-state index in [1.54, 1.807) is 24.3 Å². The van der Waals surface area contributed by atoms with Gasteiger partial charge in [0.2, 0.25) is 0 Å². The van der Waals surface area contributed by atoms with Crippen molar-refractivity contribution in [1.29, 1.82) is 10.5 Å². The average Bonchev–Trinajstić information content (AvgIpc) is 2.46. The van der Waals surface area contributed by atoms with E-state index in [4.69, 9.17) is 23.2 Å². The molecule has 0 heterocycles. The number of benzene rings is 2. The number of nitriles is 2. The third kappa shape index (κ3) is 4.14. The highest BCUT2D eigenvalue weighted by atomic mass is 79.9. The van der Waals surface area contributed by atoms with Gasteiger partial charge in [0.05, 0.1) is 20.9 Å². The monoisotopic (exact) mass is 492 g/mol. The van der Waals surface area contributed by atoms with E-state index >= 15 is 0 Å². The van der Waals surface area contributed by atoms with E-state index < -0.39 is 0 Å². The normalized spacial score (nSPS) is 10.1. The standard InChI is InChI=1S/C14H4Br2Cl2N2S2/c15-11-3-9(17)1-7(5-19)13(11)21-22-14-8(6-20)2-10(18)4-12(14)16/h1-4H. The Morgan fingerprint density at radius 1 is 0.773 bits per heavy atom. The van der Waals surface area contributed by atoms with Crippen molar-refractivity contribution in [2.75, 3.05) is 0 Å². The van der Waals surface area contributed by atoms with Gasteiger partial charge in [-0.25, -0.2) is 0 Å². The van der Waals surface area contributed by atoms with Crippen LogP contribution in [0.4, 0.5) is 0 Å². The van der Waals surface area contributed by atoms with Crippen molar-refractivity contribution in [3.05, 3.63) is 54.4 Å². The van der Waals surface area contributed by atoms with Crippen molar-refractivity contribution in [2.24, 2.45) is 0 Å². The van der Waals surface area contributed by atoms with E-state index in [9.17, 15) is 10.5 Å². The second-order valence-corrected chi connectivity index (χ2v) is 8.65. The summed E-state index contributed by atoms with van der Waals surface area (Å²) in [5.41, 5.74) is 0.945. The molecule has 110 valence electrons. The molecule has 0 radical (unpaired) electrons. The Kier molecular flexibility index (Phi) is 6.52. The minimum Gasteiger partial charge on any atom is -0.192 e. The minimum atomic E-state index is 0.473. The van der Waals surface area contributed by atoms with Gasteiger partial charge >= 0.3 is 0 Å². The van der Waals surface area contributed by atoms with E-state index in [2.05, 4.69) is 44.0 Å². The molecule has 2 aromatic carbocycles. The predicted octanol–water partition coefficient (Wildman–Crippen LogP) is 7.06. The zero-order valence-electron chi connectivity index (χ0n) is 10.5. The highest BCUT2D eigenvalue weighted by molar-refractivity contribution is 9.11. The number of rotatable bonds is 3. The van der Waals surface area contributed by atoms with E-state index in [0.717, 1.165) is 18.7 Å². The van der Waals surface area contributed by atoms with Crippen LogP contribution in [0, 0.1) is 22.7 Å². The predicted molar refractivity (Wildman–Crippen MR) is 99.4 cm³/mol. The van der Waals surface area contributed by atoms with Crippen LogP contribution in [-0.4, -0.2) is 0 Å². The highest BCUT2D eigenvalue weighted by Gasteiger charge is 2.14. The van der Waals surface area contributed by atoms with Crippen molar-refractivity contribution in [3.8, 4) is 12.1 Å². The smallest absolute Gasteiger partial charge is 0.100 e. The van der Waals surface area contributed by atoms with Gasteiger partial charge in [-0.05, 0) is 77.7 Å². The number of hydrogen-bond donors (Lipinski definition) is 0. The number of hydrogen-bond acceptors (Lipinski definition) is 4. The minimum absolute atomic E-state index is 0.473. The van der Waals surface area contributed by atoms with Crippen molar-refractivity contribution in [1.82, 2.24) is 0 Å². The van der Waals surface area contributed by atoms with Gasteiger partial charge in [-0.3, -0.25) is 0 Å². The summed E-state index contributed by atoms with van der Waals surface area (Å²) < 4.78 is 1.47. The van der Waals surface area contributed by atoms with E-state index in [-0.39, 0.29) is 0 Å². The zero-order chi connectivity index (χ0) is 16.3. The van der Waals surface area contributed by atoms with E-state index in [1.165, 1.54) is 21.6 Å². The first-order valence-electron chi connectivity index (χ1n) is 5.59. The molecule has 0 aliphatic heterocycles. The van der Waals surface area contributed by atoms with Crippen LogP contribution in [0.3, 0.4) is 0 Å².